The third-order valence-corrected chi connectivity index (χ3v) is 4.45. The van der Waals surface area contributed by atoms with Crippen LogP contribution in [-0.2, 0) is 9.53 Å². The SMILES string of the molecule is COC(=O)[C@H](C)NC(=O)c1sc(-c2ccc(Cl)cc2)nc1C. The molecule has 0 aliphatic carbocycles. The van der Waals surface area contributed by atoms with Gasteiger partial charge in [0.2, 0.25) is 0 Å². The van der Waals surface area contributed by atoms with Crippen LogP contribution in [-0.4, -0.2) is 30.0 Å². The zero-order valence-corrected chi connectivity index (χ0v) is 13.9. The summed E-state index contributed by atoms with van der Waals surface area (Å²) in [5, 5.41) is 3.96. The van der Waals surface area contributed by atoms with E-state index in [0.717, 1.165) is 10.6 Å². The first-order chi connectivity index (χ1) is 10.4. The van der Waals surface area contributed by atoms with Gasteiger partial charge in [-0.05, 0) is 26.0 Å². The first-order valence-corrected chi connectivity index (χ1v) is 7.74. The van der Waals surface area contributed by atoms with Gasteiger partial charge in [-0.15, -0.1) is 11.3 Å². The number of thiazole rings is 1. The molecule has 116 valence electrons. The maximum absolute atomic E-state index is 12.2. The molecule has 0 saturated carbocycles. The van der Waals surface area contributed by atoms with Crippen molar-refractivity contribution in [3.63, 3.8) is 0 Å². The Labute approximate surface area is 137 Å². The summed E-state index contributed by atoms with van der Waals surface area (Å²) in [6, 6.07) is 6.52. The van der Waals surface area contributed by atoms with Gasteiger partial charge in [-0.3, -0.25) is 4.79 Å². The monoisotopic (exact) mass is 338 g/mol. The minimum atomic E-state index is -0.710. The zero-order chi connectivity index (χ0) is 16.3. The molecule has 0 spiro atoms. The predicted molar refractivity (Wildman–Crippen MR) is 86.2 cm³/mol. The lowest BCUT2D eigenvalue weighted by Gasteiger charge is -2.10. The number of aryl methyl sites for hydroxylation is 1. The highest BCUT2D eigenvalue weighted by molar-refractivity contribution is 7.17. The third kappa shape index (κ3) is 3.64. The Morgan fingerprint density at radius 1 is 1.32 bits per heavy atom. The Morgan fingerprint density at radius 2 is 1.95 bits per heavy atom. The molecule has 1 amide bonds. The van der Waals surface area contributed by atoms with Gasteiger partial charge in [-0.25, -0.2) is 9.78 Å². The molecular formula is C15H15ClN2O3S. The number of methoxy groups -OCH3 is 1. The first kappa shape index (κ1) is 16.5. The molecule has 0 aliphatic heterocycles. The number of carbonyl (C=O) groups is 2. The van der Waals surface area contributed by atoms with E-state index in [4.69, 9.17) is 11.6 Å². The maximum atomic E-state index is 12.2. The minimum Gasteiger partial charge on any atom is -0.467 e. The largest absolute Gasteiger partial charge is 0.467 e. The number of nitrogens with zero attached hydrogens (tertiary/aromatic N) is 1. The molecule has 1 aromatic heterocycles. The highest BCUT2D eigenvalue weighted by Crippen LogP contribution is 2.28. The standard InChI is InChI=1S/C15H15ClN2O3S/c1-8-12(13(19)17-9(2)15(20)21-3)22-14(18-8)10-4-6-11(16)7-5-10/h4-7,9H,1-3H3,(H,17,19)/t9-/m0/s1. The second kappa shape index (κ2) is 6.89. The van der Waals surface area contributed by atoms with E-state index in [1.807, 2.05) is 12.1 Å². The van der Waals surface area contributed by atoms with Crippen molar-refractivity contribution in [3.8, 4) is 10.6 Å². The number of aromatic nitrogens is 1. The molecule has 0 bridgehead atoms. The average Bonchev–Trinajstić information content (AvgIpc) is 2.89. The van der Waals surface area contributed by atoms with Crippen molar-refractivity contribution in [2.24, 2.45) is 0 Å². The van der Waals surface area contributed by atoms with Crippen LogP contribution in [0.3, 0.4) is 0 Å². The minimum absolute atomic E-state index is 0.340. The summed E-state index contributed by atoms with van der Waals surface area (Å²) >= 11 is 7.13. The Morgan fingerprint density at radius 3 is 2.55 bits per heavy atom. The van der Waals surface area contributed by atoms with Crippen LogP contribution in [0.2, 0.25) is 5.02 Å². The van der Waals surface area contributed by atoms with E-state index < -0.39 is 12.0 Å². The Hall–Kier alpha value is -1.92. The van der Waals surface area contributed by atoms with Gasteiger partial charge in [0.1, 0.15) is 15.9 Å². The molecule has 2 aromatic rings. The van der Waals surface area contributed by atoms with Crippen LogP contribution in [0.4, 0.5) is 0 Å². The van der Waals surface area contributed by atoms with Crippen molar-refractivity contribution in [1.82, 2.24) is 10.3 Å². The average molecular weight is 339 g/mol. The number of esters is 1. The number of hydrogen-bond acceptors (Lipinski definition) is 5. The van der Waals surface area contributed by atoms with Gasteiger partial charge in [-0.2, -0.15) is 0 Å². The molecule has 0 radical (unpaired) electrons. The van der Waals surface area contributed by atoms with Crippen LogP contribution in [0.1, 0.15) is 22.3 Å². The molecule has 0 unspecified atom stereocenters. The number of ether oxygens (including phenoxy) is 1. The molecule has 0 aliphatic rings. The van der Waals surface area contributed by atoms with E-state index in [1.165, 1.54) is 18.4 Å². The molecular weight excluding hydrogens is 324 g/mol. The maximum Gasteiger partial charge on any atom is 0.328 e. The van der Waals surface area contributed by atoms with E-state index >= 15 is 0 Å². The molecule has 0 saturated heterocycles. The van der Waals surface area contributed by atoms with Crippen molar-refractivity contribution in [3.05, 3.63) is 39.9 Å². The number of benzene rings is 1. The van der Waals surface area contributed by atoms with E-state index in [1.54, 1.807) is 26.0 Å². The van der Waals surface area contributed by atoms with Crippen LogP contribution in [0.5, 0.6) is 0 Å². The van der Waals surface area contributed by atoms with Crippen molar-refractivity contribution in [2.75, 3.05) is 7.11 Å². The lowest BCUT2D eigenvalue weighted by atomic mass is 10.2. The molecule has 1 heterocycles. The van der Waals surface area contributed by atoms with Gasteiger partial charge in [0.15, 0.2) is 0 Å². The van der Waals surface area contributed by atoms with Crippen molar-refractivity contribution < 1.29 is 14.3 Å². The van der Waals surface area contributed by atoms with E-state index in [9.17, 15) is 9.59 Å². The number of rotatable bonds is 4. The van der Waals surface area contributed by atoms with Crippen LogP contribution in [0.25, 0.3) is 10.6 Å². The normalized spacial score (nSPS) is 11.8. The van der Waals surface area contributed by atoms with E-state index in [2.05, 4.69) is 15.0 Å². The summed E-state index contributed by atoms with van der Waals surface area (Å²) in [5.74, 6) is -0.832. The highest BCUT2D eigenvalue weighted by atomic mass is 35.5. The first-order valence-electron chi connectivity index (χ1n) is 6.54. The molecule has 7 heteroatoms. The summed E-state index contributed by atoms with van der Waals surface area (Å²) in [6.07, 6.45) is 0. The van der Waals surface area contributed by atoms with Gasteiger partial charge in [0.25, 0.3) is 5.91 Å². The van der Waals surface area contributed by atoms with Crippen molar-refractivity contribution >= 4 is 34.8 Å². The lowest BCUT2D eigenvalue weighted by Crippen LogP contribution is -2.39. The quantitative estimate of drug-likeness (QED) is 0.870. The Balaban J connectivity index is 2.21. The van der Waals surface area contributed by atoms with Gasteiger partial charge >= 0.3 is 5.97 Å². The van der Waals surface area contributed by atoms with Crippen molar-refractivity contribution in [1.29, 1.82) is 0 Å². The van der Waals surface area contributed by atoms with E-state index in [-0.39, 0.29) is 5.91 Å². The lowest BCUT2D eigenvalue weighted by molar-refractivity contribution is -0.142. The predicted octanol–water partition coefficient (Wildman–Crippen LogP) is 3.06. The molecule has 1 N–H and O–H groups in total. The second-order valence-electron chi connectivity index (χ2n) is 4.66. The number of carbonyl (C=O) groups excluding carboxylic acids is 2. The highest BCUT2D eigenvalue weighted by Gasteiger charge is 2.21. The summed E-state index contributed by atoms with van der Waals surface area (Å²) in [5.41, 5.74) is 1.50. The zero-order valence-electron chi connectivity index (χ0n) is 12.3. The smallest absolute Gasteiger partial charge is 0.328 e. The molecule has 0 fully saturated rings. The Bertz CT molecular complexity index is 697. The number of halogens is 1. The van der Waals surface area contributed by atoms with Gasteiger partial charge in [0, 0.05) is 10.6 Å². The molecule has 5 nitrogen and oxygen atoms in total. The van der Waals surface area contributed by atoms with Crippen LogP contribution >= 0.6 is 22.9 Å². The summed E-state index contributed by atoms with van der Waals surface area (Å²) in [4.78, 5) is 28.5. The van der Waals surface area contributed by atoms with Gasteiger partial charge in [0.05, 0.1) is 12.8 Å². The van der Waals surface area contributed by atoms with Crippen LogP contribution < -0.4 is 5.32 Å². The van der Waals surface area contributed by atoms with Crippen LogP contribution in [0, 0.1) is 6.92 Å². The molecule has 2 rings (SSSR count). The van der Waals surface area contributed by atoms with Gasteiger partial charge in [-0.1, -0.05) is 23.7 Å². The van der Waals surface area contributed by atoms with Crippen LogP contribution in [0.15, 0.2) is 24.3 Å². The Kier molecular flexibility index (Phi) is 5.15. The fourth-order valence-corrected chi connectivity index (χ4v) is 2.92. The summed E-state index contributed by atoms with van der Waals surface area (Å²) < 4.78 is 4.59. The molecule has 22 heavy (non-hydrogen) atoms. The number of hydrogen-bond donors (Lipinski definition) is 1. The summed E-state index contributed by atoms with van der Waals surface area (Å²) in [6.45, 7) is 3.33. The number of nitrogens with one attached hydrogen (secondary N) is 1. The fraction of sp³-hybridized carbons (Fsp3) is 0.267. The van der Waals surface area contributed by atoms with Crippen molar-refractivity contribution in [2.45, 2.75) is 19.9 Å². The topological polar surface area (TPSA) is 68.3 Å². The summed E-state index contributed by atoms with van der Waals surface area (Å²) in [7, 11) is 1.28. The third-order valence-electron chi connectivity index (χ3n) is 3.00. The molecule has 1 atom stereocenters. The van der Waals surface area contributed by atoms with Gasteiger partial charge < -0.3 is 10.1 Å². The van der Waals surface area contributed by atoms with E-state index in [0.29, 0.717) is 15.6 Å². The fourth-order valence-electron chi connectivity index (χ4n) is 1.82. The second-order valence-corrected chi connectivity index (χ2v) is 6.09. The molecule has 1 aromatic carbocycles. The number of amides is 1.